The second kappa shape index (κ2) is 7.22. The number of hydrogen-bond donors (Lipinski definition) is 1. The molecule has 1 rings (SSSR count). The summed E-state index contributed by atoms with van der Waals surface area (Å²) in [5.74, 6) is -0.270. The van der Waals surface area contributed by atoms with Gasteiger partial charge in [-0.1, -0.05) is 24.6 Å². The lowest BCUT2D eigenvalue weighted by Crippen LogP contribution is -2.33. The molecule has 1 N–H and O–H groups in total. The Bertz CT molecular complexity index is 409. The van der Waals surface area contributed by atoms with E-state index in [1.165, 1.54) is 6.07 Å². The highest BCUT2D eigenvalue weighted by molar-refractivity contribution is 6.30. The fraction of sp³-hybridized carbons (Fsp3) is 0.600. The van der Waals surface area contributed by atoms with Crippen molar-refractivity contribution in [3.8, 4) is 0 Å². The molecule has 0 aliphatic heterocycles. The van der Waals surface area contributed by atoms with Gasteiger partial charge in [0.25, 0.3) is 0 Å². The van der Waals surface area contributed by atoms with Gasteiger partial charge in [-0.2, -0.15) is 0 Å². The molecular weight excluding hydrogens is 265 g/mol. The first-order chi connectivity index (χ1) is 8.89. The smallest absolute Gasteiger partial charge is 0.129 e. The molecule has 0 bridgehead atoms. The van der Waals surface area contributed by atoms with Crippen LogP contribution in [0, 0.1) is 5.82 Å². The SMILES string of the molecule is CCCNC(CC(C)(C)OC)c1ccc(Cl)cc1F. The zero-order chi connectivity index (χ0) is 14.5. The summed E-state index contributed by atoms with van der Waals surface area (Å²) < 4.78 is 19.5. The van der Waals surface area contributed by atoms with Crippen LogP contribution >= 0.6 is 11.6 Å². The van der Waals surface area contributed by atoms with Crippen molar-refractivity contribution in [1.82, 2.24) is 5.32 Å². The Labute approximate surface area is 120 Å². The van der Waals surface area contributed by atoms with Gasteiger partial charge in [0.2, 0.25) is 0 Å². The highest BCUT2D eigenvalue weighted by Crippen LogP contribution is 2.29. The second-order valence-corrected chi connectivity index (χ2v) is 5.78. The van der Waals surface area contributed by atoms with E-state index in [0.29, 0.717) is 17.0 Å². The maximum absolute atomic E-state index is 14.0. The molecule has 1 aromatic rings. The summed E-state index contributed by atoms with van der Waals surface area (Å²) in [6.07, 6.45) is 1.70. The molecule has 108 valence electrons. The van der Waals surface area contributed by atoms with E-state index in [2.05, 4.69) is 12.2 Å². The lowest BCUT2D eigenvalue weighted by Gasteiger charge is -2.29. The van der Waals surface area contributed by atoms with Crippen LogP contribution in [0.4, 0.5) is 4.39 Å². The largest absolute Gasteiger partial charge is 0.379 e. The van der Waals surface area contributed by atoms with Gasteiger partial charge in [0.1, 0.15) is 5.82 Å². The van der Waals surface area contributed by atoms with Gasteiger partial charge in [0.15, 0.2) is 0 Å². The van der Waals surface area contributed by atoms with Crippen LogP contribution < -0.4 is 5.32 Å². The van der Waals surface area contributed by atoms with Crippen molar-refractivity contribution in [3.05, 3.63) is 34.6 Å². The summed E-state index contributed by atoms with van der Waals surface area (Å²) in [4.78, 5) is 0. The van der Waals surface area contributed by atoms with Crippen LogP contribution in [0.5, 0.6) is 0 Å². The predicted octanol–water partition coefficient (Wildman–Crippen LogP) is 4.33. The maximum atomic E-state index is 14.0. The van der Waals surface area contributed by atoms with Crippen LogP contribution in [-0.2, 0) is 4.74 Å². The lowest BCUT2D eigenvalue weighted by molar-refractivity contribution is 0.00659. The average molecular weight is 288 g/mol. The Morgan fingerprint density at radius 2 is 2.11 bits per heavy atom. The lowest BCUT2D eigenvalue weighted by atomic mass is 9.93. The number of halogens is 2. The van der Waals surface area contributed by atoms with Gasteiger partial charge in [-0.25, -0.2) is 4.39 Å². The molecule has 0 saturated heterocycles. The summed E-state index contributed by atoms with van der Waals surface area (Å²) in [5.41, 5.74) is 0.334. The van der Waals surface area contributed by atoms with Crippen LogP contribution in [0.25, 0.3) is 0 Å². The normalized spacial score (nSPS) is 13.6. The highest BCUT2D eigenvalue weighted by Gasteiger charge is 2.25. The Morgan fingerprint density at radius 3 is 2.63 bits per heavy atom. The van der Waals surface area contributed by atoms with Gasteiger partial charge in [0, 0.05) is 23.7 Å². The average Bonchev–Trinajstić information content (AvgIpc) is 2.35. The van der Waals surface area contributed by atoms with Crippen LogP contribution in [0.3, 0.4) is 0 Å². The Morgan fingerprint density at radius 1 is 1.42 bits per heavy atom. The molecule has 0 heterocycles. The molecule has 4 heteroatoms. The van der Waals surface area contributed by atoms with Gasteiger partial charge in [-0.3, -0.25) is 0 Å². The third-order valence-corrected chi connectivity index (χ3v) is 3.46. The monoisotopic (exact) mass is 287 g/mol. The topological polar surface area (TPSA) is 21.3 Å². The molecule has 0 fully saturated rings. The third-order valence-electron chi connectivity index (χ3n) is 3.23. The summed E-state index contributed by atoms with van der Waals surface area (Å²) in [7, 11) is 1.68. The molecule has 0 aliphatic rings. The Kier molecular flexibility index (Phi) is 6.24. The van der Waals surface area contributed by atoms with Gasteiger partial charge in [-0.15, -0.1) is 0 Å². The second-order valence-electron chi connectivity index (χ2n) is 5.34. The molecule has 0 saturated carbocycles. The minimum atomic E-state index is -0.308. The fourth-order valence-corrected chi connectivity index (χ4v) is 2.13. The van der Waals surface area contributed by atoms with Crippen molar-refractivity contribution in [2.75, 3.05) is 13.7 Å². The van der Waals surface area contributed by atoms with E-state index in [0.717, 1.165) is 13.0 Å². The van der Waals surface area contributed by atoms with Crippen LogP contribution in [0.1, 0.15) is 45.2 Å². The summed E-state index contributed by atoms with van der Waals surface area (Å²) >= 11 is 5.80. The minimum Gasteiger partial charge on any atom is -0.379 e. The molecule has 1 aromatic carbocycles. The zero-order valence-electron chi connectivity index (χ0n) is 12.1. The van der Waals surface area contributed by atoms with Crippen molar-refractivity contribution in [2.45, 2.75) is 45.3 Å². The number of ether oxygens (including phenoxy) is 1. The first-order valence-electron chi connectivity index (χ1n) is 6.63. The zero-order valence-corrected chi connectivity index (χ0v) is 12.9. The summed E-state index contributed by atoms with van der Waals surface area (Å²) in [6, 6.07) is 4.75. The first-order valence-corrected chi connectivity index (χ1v) is 7.01. The molecule has 1 atom stereocenters. The number of benzene rings is 1. The number of methoxy groups -OCH3 is 1. The Hall–Kier alpha value is -0.640. The molecule has 2 nitrogen and oxygen atoms in total. The molecular formula is C15H23ClFNO. The van der Waals surface area contributed by atoms with Crippen molar-refractivity contribution in [2.24, 2.45) is 0 Å². The maximum Gasteiger partial charge on any atom is 0.129 e. The predicted molar refractivity (Wildman–Crippen MR) is 78.1 cm³/mol. The van der Waals surface area contributed by atoms with Crippen LogP contribution in [0.2, 0.25) is 5.02 Å². The van der Waals surface area contributed by atoms with Crippen molar-refractivity contribution < 1.29 is 9.13 Å². The summed E-state index contributed by atoms with van der Waals surface area (Å²) in [6.45, 7) is 6.93. The van der Waals surface area contributed by atoms with Gasteiger partial charge < -0.3 is 10.1 Å². The standard InChI is InChI=1S/C15H23ClFNO/c1-5-8-18-14(10-15(2,3)19-4)12-7-6-11(16)9-13(12)17/h6-7,9,14,18H,5,8,10H2,1-4H3. The third kappa shape index (κ3) is 5.09. The highest BCUT2D eigenvalue weighted by atomic mass is 35.5. The van der Waals surface area contributed by atoms with Gasteiger partial charge in [0.05, 0.1) is 5.60 Å². The van der Waals surface area contributed by atoms with Crippen molar-refractivity contribution in [1.29, 1.82) is 0 Å². The van der Waals surface area contributed by atoms with E-state index < -0.39 is 0 Å². The molecule has 0 amide bonds. The number of hydrogen-bond acceptors (Lipinski definition) is 2. The van der Waals surface area contributed by atoms with E-state index in [9.17, 15) is 4.39 Å². The van der Waals surface area contributed by atoms with Crippen LogP contribution in [0.15, 0.2) is 18.2 Å². The first kappa shape index (κ1) is 16.4. The summed E-state index contributed by atoms with van der Waals surface area (Å²) in [5, 5.41) is 3.79. The van der Waals surface area contributed by atoms with Crippen molar-refractivity contribution >= 4 is 11.6 Å². The molecule has 19 heavy (non-hydrogen) atoms. The minimum absolute atomic E-state index is 0.0767. The molecule has 0 spiro atoms. The molecule has 1 unspecified atom stereocenters. The van der Waals surface area contributed by atoms with E-state index >= 15 is 0 Å². The van der Waals surface area contributed by atoms with E-state index in [4.69, 9.17) is 16.3 Å². The van der Waals surface area contributed by atoms with Crippen LogP contribution in [-0.4, -0.2) is 19.3 Å². The molecule has 0 aromatic heterocycles. The van der Waals surface area contributed by atoms with Gasteiger partial charge in [-0.05, 0) is 45.4 Å². The quantitative estimate of drug-likeness (QED) is 0.806. The van der Waals surface area contributed by atoms with E-state index in [-0.39, 0.29) is 17.5 Å². The molecule has 0 aliphatic carbocycles. The van der Waals surface area contributed by atoms with E-state index in [1.54, 1.807) is 19.2 Å². The van der Waals surface area contributed by atoms with E-state index in [1.807, 2.05) is 13.8 Å². The number of nitrogens with one attached hydrogen (secondary N) is 1. The Balaban J connectivity index is 2.95. The molecule has 0 radical (unpaired) electrons. The van der Waals surface area contributed by atoms with Gasteiger partial charge >= 0.3 is 0 Å². The number of rotatable bonds is 7. The van der Waals surface area contributed by atoms with Crippen molar-refractivity contribution in [3.63, 3.8) is 0 Å². The fourth-order valence-electron chi connectivity index (χ4n) is 1.97.